The number of rotatable bonds is 2. The third-order valence-corrected chi connectivity index (χ3v) is 3.66. The Bertz CT molecular complexity index is 537. The summed E-state index contributed by atoms with van der Waals surface area (Å²) in [5.41, 5.74) is 7.05. The summed E-state index contributed by atoms with van der Waals surface area (Å²) in [5, 5.41) is 1.09. The molecule has 4 heteroatoms. The highest BCUT2D eigenvalue weighted by Crippen LogP contribution is 2.29. The Hall–Kier alpha value is -0.880. The fourth-order valence-corrected chi connectivity index (χ4v) is 2.54. The molecule has 16 heavy (non-hydrogen) atoms. The van der Waals surface area contributed by atoms with Gasteiger partial charge >= 0.3 is 0 Å². The molecule has 84 valence electrons. The number of benzene rings is 1. The summed E-state index contributed by atoms with van der Waals surface area (Å²) < 4.78 is 1.15. The van der Waals surface area contributed by atoms with Gasteiger partial charge in [0.15, 0.2) is 0 Å². The summed E-state index contributed by atoms with van der Waals surface area (Å²) in [7, 11) is 0. The van der Waals surface area contributed by atoms with Crippen molar-refractivity contribution in [3.8, 4) is 0 Å². The van der Waals surface area contributed by atoms with Crippen LogP contribution in [0.15, 0.2) is 18.2 Å². The van der Waals surface area contributed by atoms with Gasteiger partial charge in [-0.25, -0.2) is 0 Å². The molecule has 0 radical (unpaired) electrons. The van der Waals surface area contributed by atoms with Crippen LogP contribution in [0.2, 0.25) is 0 Å². The predicted molar refractivity (Wildman–Crippen MR) is 76.4 cm³/mol. The van der Waals surface area contributed by atoms with Crippen LogP contribution in [-0.2, 0) is 6.42 Å². The maximum atomic E-state index is 5.61. The number of hydrogen-bond donors (Lipinski definition) is 2. The van der Waals surface area contributed by atoms with Crippen molar-refractivity contribution >= 4 is 39.2 Å². The molecule has 0 aliphatic rings. The van der Waals surface area contributed by atoms with Crippen molar-refractivity contribution in [1.82, 2.24) is 4.98 Å². The van der Waals surface area contributed by atoms with Gasteiger partial charge in [0.1, 0.15) is 0 Å². The lowest BCUT2D eigenvalue weighted by Crippen LogP contribution is -2.11. The molecule has 0 amide bonds. The van der Waals surface area contributed by atoms with E-state index < -0.39 is 0 Å². The Morgan fingerprint density at radius 1 is 1.44 bits per heavy atom. The van der Waals surface area contributed by atoms with Crippen molar-refractivity contribution in [2.45, 2.75) is 20.3 Å². The zero-order chi connectivity index (χ0) is 11.7. The van der Waals surface area contributed by atoms with Crippen molar-refractivity contribution in [3.05, 3.63) is 33.0 Å². The van der Waals surface area contributed by atoms with Gasteiger partial charge in [-0.05, 0) is 47.6 Å². The minimum absolute atomic E-state index is 0.918. The molecule has 3 nitrogen and oxygen atoms in total. The number of halogens is 1. The van der Waals surface area contributed by atoms with Crippen LogP contribution in [0.1, 0.15) is 18.2 Å². The van der Waals surface area contributed by atoms with E-state index >= 15 is 0 Å². The number of nitrogens with one attached hydrogen (secondary N) is 1. The Balaban J connectivity index is 2.89. The smallest absolute Gasteiger partial charge is 0.0860 e. The molecule has 0 aliphatic heterocycles. The minimum Gasteiger partial charge on any atom is -0.323 e. The topological polar surface area (TPSA) is 50.9 Å². The molecule has 3 N–H and O–H groups in total. The molecule has 0 aliphatic carbocycles. The van der Waals surface area contributed by atoms with Crippen molar-refractivity contribution in [3.63, 3.8) is 0 Å². The van der Waals surface area contributed by atoms with Crippen LogP contribution >= 0.6 is 22.6 Å². The molecule has 0 unspecified atom stereocenters. The summed E-state index contributed by atoms with van der Waals surface area (Å²) in [6.07, 6.45) is 0.918. The molecule has 0 saturated heterocycles. The van der Waals surface area contributed by atoms with Crippen molar-refractivity contribution < 1.29 is 0 Å². The number of aryl methyl sites for hydroxylation is 1. The zero-order valence-corrected chi connectivity index (χ0v) is 11.5. The Morgan fingerprint density at radius 2 is 2.19 bits per heavy atom. The number of hydrazine groups is 1. The van der Waals surface area contributed by atoms with Gasteiger partial charge < -0.3 is 5.43 Å². The highest BCUT2D eigenvalue weighted by Gasteiger charge is 2.11. The first-order valence-corrected chi connectivity index (χ1v) is 6.31. The summed E-state index contributed by atoms with van der Waals surface area (Å²) >= 11 is 2.30. The average molecular weight is 327 g/mol. The molecule has 1 aromatic carbocycles. The standard InChI is InChI=1S/C12H14IN3/c1-3-10-7(2)11(16-14)8-5-4-6-9(13)12(8)15-10/h4-6H,3,14H2,1-2H3,(H,15,16). The van der Waals surface area contributed by atoms with Crippen molar-refractivity contribution in [2.75, 3.05) is 5.43 Å². The number of anilines is 1. The van der Waals surface area contributed by atoms with E-state index in [0.717, 1.165) is 37.8 Å². The van der Waals surface area contributed by atoms with Crippen LogP contribution in [0.4, 0.5) is 5.69 Å². The molecule has 0 saturated carbocycles. The van der Waals surface area contributed by atoms with Crippen LogP contribution in [-0.4, -0.2) is 4.98 Å². The zero-order valence-electron chi connectivity index (χ0n) is 9.34. The molecular weight excluding hydrogens is 313 g/mol. The molecule has 1 aromatic heterocycles. The van der Waals surface area contributed by atoms with E-state index in [-0.39, 0.29) is 0 Å². The number of hydrogen-bond acceptors (Lipinski definition) is 3. The number of nitrogens with zero attached hydrogens (tertiary/aromatic N) is 1. The van der Waals surface area contributed by atoms with E-state index in [1.807, 2.05) is 12.1 Å². The fourth-order valence-electron chi connectivity index (χ4n) is 1.93. The van der Waals surface area contributed by atoms with Gasteiger partial charge in [-0.2, -0.15) is 0 Å². The van der Waals surface area contributed by atoms with Crippen LogP contribution in [0, 0.1) is 10.5 Å². The monoisotopic (exact) mass is 327 g/mol. The normalized spacial score (nSPS) is 10.8. The molecule has 2 aromatic rings. The Morgan fingerprint density at radius 3 is 2.81 bits per heavy atom. The molecule has 1 heterocycles. The Labute approximate surface area is 109 Å². The fraction of sp³-hybridized carbons (Fsp3) is 0.250. The van der Waals surface area contributed by atoms with Crippen molar-refractivity contribution in [1.29, 1.82) is 0 Å². The average Bonchev–Trinajstić information content (AvgIpc) is 2.29. The van der Waals surface area contributed by atoms with Gasteiger partial charge in [0.05, 0.1) is 11.2 Å². The largest absolute Gasteiger partial charge is 0.323 e. The maximum Gasteiger partial charge on any atom is 0.0860 e. The first-order valence-electron chi connectivity index (χ1n) is 5.23. The summed E-state index contributed by atoms with van der Waals surface area (Å²) in [6, 6.07) is 6.13. The van der Waals surface area contributed by atoms with Gasteiger partial charge in [-0.1, -0.05) is 19.1 Å². The van der Waals surface area contributed by atoms with Crippen LogP contribution in [0.25, 0.3) is 10.9 Å². The first kappa shape index (κ1) is 11.6. The predicted octanol–water partition coefficient (Wildman–Crippen LogP) is 3.00. The number of fused-ring (bicyclic) bond motifs is 1. The number of aromatic nitrogens is 1. The SMILES string of the molecule is CCc1nc2c(I)cccc2c(NN)c1C. The summed E-state index contributed by atoms with van der Waals surface area (Å²) in [5.74, 6) is 5.61. The second-order valence-corrected chi connectivity index (χ2v) is 4.85. The molecule has 0 spiro atoms. The van der Waals surface area contributed by atoms with Gasteiger partial charge in [0.2, 0.25) is 0 Å². The second kappa shape index (κ2) is 4.55. The molecule has 0 bridgehead atoms. The summed E-state index contributed by atoms with van der Waals surface area (Å²) in [4.78, 5) is 4.70. The lowest BCUT2D eigenvalue weighted by atomic mass is 10.1. The van der Waals surface area contributed by atoms with E-state index in [4.69, 9.17) is 10.8 Å². The summed E-state index contributed by atoms with van der Waals surface area (Å²) in [6.45, 7) is 4.16. The molecule has 2 rings (SSSR count). The lowest BCUT2D eigenvalue weighted by Gasteiger charge is -2.13. The molecule has 0 atom stereocenters. The van der Waals surface area contributed by atoms with Gasteiger partial charge in [-0.15, -0.1) is 0 Å². The van der Waals surface area contributed by atoms with Crippen LogP contribution in [0.5, 0.6) is 0 Å². The third-order valence-electron chi connectivity index (χ3n) is 2.79. The van der Waals surface area contributed by atoms with E-state index in [1.54, 1.807) is 0 Å². The lowest BCUT2D eigenvalue weighted by molar-refractivity contribution is 1.03. The van der Waals surface area contributed by atoms with E-state index in [9.17, 15) is 0 Å². The molecule has 0 fully saturated rings. The Kier molecular flexibility index (Phi) is 3.30. The molecular formula is C12H14IN3. The van der Waals surface area contributed by atoms with Crippen molar-refractivity contribution in [2.24, 2.45) is 5.84 Å². The number of para-hydroxylation sites is 1. The number of nitrogen functional groups attached to an aromatic ring is 1. The van der Waals surface area contributed by atoms with E-state index in [0.29, 0.717) is 0 Å². The quantitative estimate of drug-likeness (QED) is 0.506. The second-order valence-electron chi connectivity index (χ2n) is 3.69. The highest BCUT2D eigenvalue weighted by atomic mass is 127. The number of pyridine rings is 1. The van der Waals surface area contributed by atoms with E-state index in [1.165, 1.54) is 0 Å². The van der Waals surface area contributed by atoms with Gasteiger partial charge in [-0.3, -0.25) is 10.8 Å². The van der Waals surface area contributed by atoms with Crippen LogP contribution in [0.3, 0.4) is 0 Å². The van der Waals surface area contributed by atoms with Gasteiger partial charge in [0, 0.05) is 14.7 Å². The van der Waals surface area contributed by atoms with Crippen LogP contribution < -0.4 is 11.3 Å². The maximum absolute atomic E-state index is 5.61. The third kappa shape index (κ3) is 1.76. The minimum atomic E-state index is 0.918. The van der Waals surface area contributed by atoms with Gasteiger partial charge in [0.25, 0.3) is 0 Å². The van der Waals surface area contributed by atoms with E-state index in [2.05, 4.69) is 47.9 Å². The first-order chi connectivity index (χ1) is 7.69. The number of nitrogens with two attached hydrogens (primary N) is 1. The highest BCUT2D eigenvalue weighted by molar-refractivity contribution is 14.1.